The van der Waals surface area contributed by atoms with Gasteiger partial charge in [-0.15, -0.1) is 0 Å². The first-order valence-corrected chi connectivity index (χ1v) is 9.80. The average Bonchev–Trinajstić information content (AvgIpc) is 3.13. The minimum Gasteiger partial charge on any atom is -0.352 e. The van der Waals surface area contributed by atoms with E-state index >= 15 is 0 Å². The Balaban J connectivity index is 1.51. The molecule has 0 radical (unpaired) electrons. The minimum atomic E-state index is -3.85. The van der Waals surface area contributed by atoms with Gasteiger partial charge >= 0.3 is 10.2 Å². The van der Waals surface area contributed by atoms with Crippen molar-refractivity contribution in [1.82, 2.24) is 14.9 Å². The van der Waals surface area contributed by atoms with Gasteiger partial charge in [0.2, 0.25) is 5.91 Å². The van der Waals surface area contributed by atoms with Gasteiger partial charge in [-0.3, -0.25) is 14.4 Å². The first kappa shape index (κ1) is 18.2. The SMILES string of the molecule is O=C1CN(c2ccc(C(=O)NCCCN3CCCC3=O)cc2)S(=O)(=O)N1. The van der Waals surface area contributed by atoms with Gasteiger partial charge in [0, 0.05) is 31.6 Å². The van der Waals surface area contributed by atoms with E-state index in [-0.39, 0.29) is 18.4 Å². The molecule has 0 bridgehead atoms. The predicted molar refractivity (Wildman–Crippen MR) is 93.6 cm³/mol. The standard InChI is InChI=1S/C16H20N4O5S/c21-14-11-20(26(24,25)18-14)13-6-4-12(5-7-13)16(23)17-8-2-10-19-9-1-3-15(19)22/h4-7H,1-3,8-11H2,(H,17,23)(H,18,21). The molecule has 3 rings (SSSR count). The lowest BCUT2D eigenvalue weighted by Crippen LogP contribution is -2.31. The molecular formula is C16H20N4O5S. The van der Waals surface area contributed by atoms with Crippen molar-refractivity contribution in [3.63, 3.8) is 0 Å². The Morgan fingerprint density at radius 1 is 1.19 bits per heavy atom. The topological polar surface area (TPSA) is 116 Å². The minimum absolute atomic E-state index is 0.164. The van der Waals surface area contributed by atoms with Crippen molar-refractivity contribution in [2.75, 3.05) is 30.5 Å². The molecule has 0 atom stereocenters. The quantitative estimate of drug-likeness (QED) is 0.652. The zero-order chi connectivity index (χ0) is 18.7. The molecule has 2 saturated heterocycles. The Bertz CT molecular complexity index is 822. The summed E-state index contributed by atoms with van der Waals surface area (Å²) in [5.41, 5.74) is 0.703. The molecule has 9 nitrogen and oxygen atoms in total. The Labute approximate surface area is 151 Å². The van der Waals surface area contributed by atoms with Gasteiger partial charge in [0.1, 0.15) is 6.54 Å². The second-order valence-corrected chi connectivity index (χ2v) is 7.77. The summed E-state index contributed by atoms with van der Waals surface area (Å²) in [7, 11) is -3.85. The first-order chi connectivity index (χ1) is 12.4. The van der Waals surface area contributed by atoms with Gasteiger partial charge in [-0.05, 0) is 37.1 Å². The van der Waals surface area contributed by atoms with E-state index in [4.69, 9.17) is 0 Å². The van der Waals surface area contributed by atoms with Crippen LogP contribution >= 0.6 is 0 Å². The van der Waals surface area contributed by atoms with E-state index in [1.807, 2.05) is 4.72 Å². The monoisotopic (exact) mass is 380 g/mol. The van der Waals surface area contributed by atoms with Crippen LogP contribution < -0.4 is 14.3 Å². The van der Waals surface area contributed by atoms with Crippen LogP contribution in [0.15, 0.2) is 24.3 Å². The molecule has 1 aromatic rings. The van der Waals surface area contributed by atoms with E-state index < -0.39 is 16.1 Å². The van der Waals surface area contributed by atoms with Crippen molar-refractivity contribution >= 4 is 33.6 Å². The van der Waals surface area contributed by atoms with Gasteiger partial charge in [-0.25, -0.2) is 9.03 Å². The van der Waals surface area contributed by atoms with Crippen molar-refractivity contribution < 1.29 is 22.8 Å². The lowest BCUT2D eigenvalue weighted by atomic mass is 10.2. The molecule has 2 aliphatic heterocycles. The van der Waals surface area contributed by atoms with Crippen molar-refractivity contribution in [1.29, 1.82) is 0 Å². The molecule has 1 aromatic carbocycles. The third kappa shape index (κ3) is 3.96. The fourth-order valence-electron chi connectivity index (χ4n) is 2.97. The molecule has 2 N–H and O–H groups in total. The summed E-state index contributed by atoms with van der Waals surface area (Å²) in [5, 5.41) is 2.77. The van der Waals surface area contributed by atoms with Crippen LogP contribution in [-0.2, 0) is 19.8 Å². The van der Waals surface area contributed by atoms with E-state index in [0.29, 0.717) is 37.2 Å². The summed E-state index contributed by atoms with van der Waals surface area (Å²) in [4.78, 5) is 36.7. The molecule has 140 valence electrons. The number of hydrogen-bond donors (Lipinski definition) is 2. The number of benzene rings is 1. The van der Waals surface area contributed by atoms with Crippen molar-refractivity contribution in [3.05, 3.63) is 29.8 Å². The lowest BCUT2D eigenvalue weighted by Gasteiger charge is -2.16. The number of hydrogen-bond acceptors (Lipinski definition) is 5. The molecule has 0 unspecified atom stereocenters. The molecule has 0 saturated carbocycles. The highest BCUT2D eigenvalue weighted by Gasteiger charge is 2.33. The van der Waals surface area contributed by atoms with Gasteiger partial charge in [-0.1, -0.05) is 0 Å². The highest BCUT2D eigenvalue weighted by Crippen LogP contribution is 2.20. The van der Waals surface area contributed by atoms with Crippen LogP contribution in [0.25, 0.3) is 0 Å². The van der Waals surface area contributed by atoms with Gasteiger partial charge < -0.3 is 10.2 Å². The largest absolute Gasteiger partial charge is 0.352 e. The van der Waals surface area contributed by atoms with Crippen LogP contribution in [0.5, 0.6) is 0 Å². The van der Waals surface area contributed by atoms with E-state index in [2.05, 4.69) is 5.32 Å². The number of nitrogens with one attached hydrogen (secondary N) is 2. The van der Waals surface area contributed by atoms with E-state index in [1.165, 1.54) is 24.3 Å². The highest BCUT2D eigenvalue weighted by atomic mass is 32.2. The van der Waals surface area contributed by atoms with Crippen LogP contribution in [0.4, 0.5) is 5.69 Å². The number of nitrogens with zero attached hydrogens (tertiary/aromatic N) is 2. The molecule has 2 aliphatic rings. The lowest BCUT2D eigenvalue weighted by molar-refractivity contribution is -0.127. The number of likely N-dealkylation sites (tertiary alicyclic amines) is 1. The maximum Gasteiger partial charge on any atom is 0.326 e. The molecule has 2 fully saturated rings. The van der Waals surface area contributed by atoms with Gasteiger partial charge in [0.25, 0.3) is 11.8 Å². The number of carbonyl (C=O) groups excluding carboxylic acids is 3. The fraction of sp³-hybridized carbons (Fsp3) is 0.438. The second kappa shape index (κ2) is 7.32. The summed E-state index contributed by atoms with van der Waals surface area (Å²) in [5.74, 6) is -0.706. The van der Waals surface area contributed by atoms with Gasteiger partial charge in [-0.2, -0.15) is 8.42 Å². The molecule has 2 heterocycles. The smallest absolute Gasteiger partial charge is 0.326 e. The van der Waals surface area contributed by atoms with Crippen LogP contribution in [0.2, 0.25) is 0 Å². The Morgan fingerprint density at radius 3 is 2.50 bits per heavy atom. The molecule has 10 heteroatoms. The van der Waals surface area contributed by atoms with Crippen LogP contribution in [-0.4, -0.2) is 57.2 Å². The zero-order valence-electron chi connectivity index (χ0n) is 14.1. The van der Waals surface area contributed by atoms with E-state index in [9.17, 15) is 22.8 Å². The highest BCUT2D eigenvalue weighted by molar-refractivity contribution is 7.92. The number of carbonyl (C=O) groups is 3. The maximum absolute atomic E-state index is 12.1. The molecule has 3 amide bonds. The Kier molecular flexibility index (Phi) is 5.12. The van der Waals surface area contributed by atoms with Crippen molar-refractivity contribution in [3.8, 4) is 0 Å². The zero-order valence-corrected chi connectivity index (χ0v) is 14.9. The normalized spacial score (nSPS) is 18.9. The van der Waals surface area contributed by atoms with Gasteiger partial charge in [0.05, 0.1) is 5.69 Å². The molecule has 0 aromatic heterocycles. The molecule has 0 spiro atoms. The van der Waals surface area contributed by atoms with E-state index in [1.54, 1.807) is 4.90 Å². The van der Waals surface area contributed by atoms with Crippen molar-refractivity contribution in [2.24, 2.45) is 0 Å². The fourth-order valence-corrected chi connectivity index (χ4v) is 4.12. The van der Waals surface area contributed by atoms with E-state index in [0.717, 1.165) is 17.3 Å². The molecular weight excluding hydrogens is 360 g/mol. The van der Waals surface area contributed by atoms with Crippen LogP contribution in [0, 0.1) is 0 Å². The second-order valence-electron chi connectivity index (χ2n) is 6.18. The summed E-state index contributed by atoms with van der Waals surface area (Å²) < 4.78 is 26.4. The number of amides is 3. The third-order valence-corrected chi connectivity index (χ3v) is 5.71. The third-order valence-electron chi connectivity index (χ3n) is 4.30. The van der Waals surface area contributed by atoms with Gasteiger partial charge in [0.15, 0.2) is 0 Å². The Hall–Kier alpha value is -2.62. The number of rotatable bonds is 6. The van der Waals surface area contributed by atoms with Crippen molar-refractivity contribution in [2.45, 2.75) is 19.3 Å². The summed E-state index contributed by atoms with van der Waals surface area (Å²) in [6.07, 6.45) is 2.17. The first-order valence-electron chi connectivity index (χ1n) is 8.36. The molecule has 0 aliphatic carbocycles. The van der Waals surface area contributed by atoms with Crippen LogP contribution in [0.1, 0.15) is 29.6 Å². The summed E-state index contributed by atoms with van der Waals surface area (Å²) >= 11 is 0. The average molecular weight is 380 g/mol. The molecule has 26 heavy (non-hydrogen) atoms. The van der Waals surface area contributed by atoms with Crippen LogP contribution in [0.3, 0.4) is 0 Å². The maximum atomic E-state index is 12.1. The summed E-state index contributed by atoms with van der Waals surface area (Å²) in [6.45, 7) is 1.59. The number of anilines is 1. The summed E-state index contributed by atoms with van der Waals surface area (Å²) in [6, 6.07) is 5.98. The predicted octanol–water partition coefficient (Wildman–Crippen LogP) is -0.390. The Morgan fingerprint density at radius 2 is 1.92 bits per heavy atom.